The van der Waals surface area contributed by atoms with Gasteiger partial charge in [0.25, 0.3) is 0 Å². The topological polar surface area (TPSA) is 159 Å². The number of aromatic hydroxyl groups is 1. The van der Waals surface area contributed by atoms with E-state index in [4.69, 9.17) is 4.74 Å². The predicted octanol–water partition coefficient (Wildman–Crippen LogP) is 11.6. The molecule has 2 heterocycles. The highest BCUT2D eigenvalue weighted by Gasteiger charge is 2.74. The Balaban J connectivity index is 1.55. The molecule has 4 aliphatic rings. The number of rotatable bonds is 19. The summed E-state index contributed by atoms with van der Waals surface area (Å²) in [4.78, 5) is 71.7. The number of carbonyl (C=O) groups excluding carboxylic acids is 5. The molecule has 2 saturated heterocycles. The predicted molar refractivity (Wildman–Crippen MR) is 257 cm³/mol. The second-order valence-electron chi connectivity index (χ2n) is 19.9. The van der Waals surface area contributed by atoms with Crippen LogP contribution in [0.15, 0.2) is 82.0 Å². The summed E-state index contributed by atoms with van der Waals surface area (Å²) in [5.41, 5.74) is 0.792. The highest BCUT2D eigenvalue weighted by atomic mass is 32.2. The van der Waals surface area contributed by atoms with Crippen molar-refractivity contribution in [1.29, 1.82) is 0 Å². The van der Waals surface area contributed by atoms with Gasteiger partial charge >= 0.3 is 12.0 Å². The largest absolute Gasteiger partial charge is 0.506 e. The molecule has 2 aliphatic carbocycles. The van der Waals surface area contributed by atoms with Crippen LogP contribution in [0.2, 0.25) is 0 Å². The van der Waals surface area contributed by atoms with Crippen LogP contribution in [0, 0.1) is 22.2 Å². The number of thioether (sulfide) groups is 1. The van der Waals surface area contributed by atoms with Gasteiger partial charge in [-0.3, -0.25) is 19.2 Å². The number of hydrogen-bond acceptors (Lipinski definition) is 9. The lowest BCUT2D eigenvalue weighted by Crippen LogP contribution is -2.70. The van der Waals surface area contributed by atoms with Gasteiger partial charge in [-0.1, -0.05) is 71.6 Å². The van der Waals surface area contributed by atoms with E-state index in [2.05, 4.69) is 56.6 Å². The molecule has 2 saturated carbocycles. The number of ether oxygens (including phenoxy) is 1. The van der Waals surface area contributed by atoms with Crippen LogP contribution in [0.25, 0.3) is 5.76 Å². The zero-order valence-corrected chi connectivity index (χ0v) is 40.7. The molecule has 7 atom stereocenters. The number of aliphatic hydroxyl groups is 1. The molecule has 2 amide bonds. The van der Waals surface area contributed by atoms with Gasteiger partial charge in [0.1, 0.15) is 16.7 Å². The van der Waals surface area contributed by atoms with Gasteiger partial charge < -0.3 is 25.6 Å². The molecular weight excluding hydrogens is 825 g/mol. The molecule has 0 spiro atoms. The van der Waals surface area contributed by atoms with E-state index in [-0.39, 0.29) is 77.8 Å². The van der Waals surface area contributed by atoms with Crippen molar-refractivity contribution in [2.75, 3.05) is 5.75 Å². The maximum atomic E-state index is 15.7. The summed E-state index contributed by atoms with van der Waals surface area (Å²) in [5.74, 6) is -2.90. The first-order chi connectivity index (χ1) is 30.2. The number of unbranched alkanes of at least 4 members (excludes halogenated alkanes) is 1. The fourth-order valence-electron chi connectivity index (χ4n) is 10.3. The Morgan fingerprint density at radius 3 is 2.16 bits per heavy atom. The molecule has 1 aromatic rings. The summed E-state index contributed by atoms with van der Waals surface area (Å²) < 4.78 is 5.64. The summed E-state index contributed by atoms with van der Waals surface area (Å²) in [7, 11) is 0. The maximum Gasteiger partial charge on any atom is 0.315 e. The second kappa shape index (κ2) is 21.1. The van der Waals surface area contributed by atoms with E-state index in [1.165, 1.54) is 29.3 Å². The van der Waals surface area contributed by atoms with Crippen molar-refractivity contribution in [3.8, 4) is 11.5 Å². The van der Waals surface area contributed by atoms with Crippen molar-refractivity contribution in [3.05, 3.63) is 87.6 Å². The van der Waals surface area contributed by atoms with Crippen LogP contribution in [0.1, 0.15) is 152 Å². The molecule has 11 heteroatoms. The summed E-state index contributed by atoms with van der Waals surface area (Å²) in [6, 6.07) is 3.97. The number of Topliss-reactive ketones (excluding diaryl/α,β-unsaturated/α-hetero) is 3. The first kappa shape index (κ1) is 50.4. The highest BCUT2D eigenvalue weighted by molar-refractivity contribution is 8.00. The molecule has 1 aromatic carbocycles. The number of phenols is 1. The van der Waals surface area contributed by atoms with Gasteiger partial charge in [-0.15, -0.1) is 0 Å². The van der Waals surface area contributed by atoms with Crippen molar-refractivity contribution in [1.82, 2.24) is 10.6 Å². The zero-order valence-electron chi connectivity index (χ0n) is 39.9. The Bertz CT molecular complexity index is 2180. The van der Waals surface area contributed by atoms with E-state index in [1.54, 1.807) is 11.8 Å². The molecular formula is C53H72N2O8S. The van der Waals surface area contributed by atoms with Crippen LogP contribution in [-0.2, 0) is 19.2 Å². The lowest BCUT2D eigenvalue weighted by atomic mass is 9.37. The lowest BCUT2D eigenvalue weighted by molar-refractivity contribution is -0.178. The maximum absolute atomic E-state index is 15.7. The van der Waals surface area contributed by atoms with E-state index in [0.29, 0.717) is 25.7 Å². The zero-order chi connectivity index (χ0) is 47.1. The van der Waals surface area contributed by atoms with Crippen LogP contribution in [0.4, 0.5) is 4.79 Å². The molecule has 2 bridgehead atoms. The van der Waals surface area contributed by atoms with Crippen LogP contribution in [0.5, 0.6) is 11.5 Å². The third-order valence-electron chi connectivity index (χ3n) is 14.1. The normalized spacial score (nSPS) is 28.1. The highest BCUT2D eigenvalue weighted by Crippen LogP contribution is 2.67. The van der Waals surface area contributed by atoms with Gasteiger partial charge in [-0.2, -0.15) is 11.8 Å². The quantitative estimate of drug-likeness (QED) is 0.0122. The minimum atomic E-state index is -1.69. The smallest absolute Gasteiger partial charge is 0.315 e. The van der Waals surface area contributed by atoms with E-state index >= 15 is 14.4 Å². The van der Waals surface area contributed by atoms with Crippen LogP contribution in [0.3, 0.4) is 0 Å². The SMILES string of the molecule is CC(C)=CCC/C(C)=C/C[C@@H]1C[C@@]2(CC=C(C)C)C(=O)C(=C(O)c3ccc(O)c(OC(=O)CCCC[C@@H]4SCC5NC(=O)NC54)c3)C(=O)[C@](CC=C(C)C)(C2=O)[C@@]1(C)CCC=C(C)C. The molecule has 5 rings (SSSR count). The van der Waals surface area contributed by atoms with E-state index in [9.17, 15) is 19.8 Å². The van der Waals surface area contributed by atoms with Gasteiger partial charge in [0, 0.05) is 23.0 Å². The Morgan fingerprint density at radius 2 is 1.48 bits per heavy atom. The van der Waals surface area contributed by atoms with E-state index in [1.807, 2.05) is 53.7 Å². The summed E-state index contributed by atoms with van der Waals surface area (Å²) in [6.07, 6.45) is 16.4. The Kier molecular flexibility index (Phi) is 16.6. The first-order valence-electron chi connectivity index (χ1n) is 23.2. The molecule has 2 unspecified atom stereocenters. The average molecular weight is 897 g/mol. The number of amides is 2. The number of aliphatic hydroxyl groups excluding tert-OH is 1. The number of allylic oxidation sites excluding steroid dienone is 11. The number of esters is 1. The van der Waals surface area contributed by atoms with Gasteiger partial charge in [0.2, 0.25) is 0 Å². The third-order valence-corrected chi connectivity index (χ3v) is 15.6. The van der Waals surface area contributed by atoms with Crippen LogP contribution < -0.4 is 15.4 Å². The third kappa shape index (κ3) is 10.7. The number of nitrogens with one attached hydrogen (secondary N) is 2. The van der Waals surface area contributed by atoms with Crippen LogP contribution >= 0.6 is 11.8 Å². The minimum absolute atomic E-state index is 0.0113. The number of hydrogen-bond donors (Lipinski definition) is 4. The molecule has 10 nitrogen and oxygen atoms in total. The first-order valence-corrected chi connectivity index (χ1v) is 24.2. The number of ketones is 3. The number of carbonyl (C=O) groups is 5. The summed E-state index contributed by atoms with van der Waals surface area (Å²) in [5, 5.41) is 29.4. The van der Waals surface area contributed by atoms with Crippen molar-refractivity contribution < 1.29 is 38.9 Å². The fourth-order valence-corrected chi connectivity index (χ4v) is 11.8. The Labute approximate surface area is 385 Å². The molecule has 2 aliphatic heterocycles. The molecule has 4 N–H and O–H groups in total. The van der Waals surface area contributed by atoms with Crippen molar-refractivity contribution in [2.45, 2.75) is 164 Å². The number of fused-ring (bicyclic) bond motifs is 3. The standard InChI is InChI=1S/C53H72N2O8S/c1-32(2)15-13-17-36(9)20-22-38-30-52(27-24-34(5)6)47(59)44(48(60)53(49(52)61,28-25-35(7)8)51(38,10)26-14-16-33(3)4)46(58)37-21-23-40(56)41(29-37)63-43(57)19-12-11-18-42-45-39(31-64-42)54-50(62)55-45/h15-16,20-21,23-25,29,38-39,42,45,56,58H,11-14,17-19,22,26-28,30-31H2,1-10H3,(H2,54,55,62)/b36-20+,46-44?/t38-,39?,42+,45?,51+,52+,53-/m1/s1. The van der Waals surface area contributed by atoms with Gasteiger partial charge in [-0.05, 0) is 156 Å². The summed E-state index contributed by atoms with van der Waals surface area (Å²) in [6.45, 7) is 20.1. The minimum Gasteiger partial charge on any atom is -0.506 e. The summed E-state index contributed by atoms with van der Waals surface area (Å²) >= 11 is 1.81. The average Bonchev–Trinajstić information content (AvgIpc) is 3.77. The van der Waals surface area contributed by atoms with Gasteiger partial charge in [0.15, 0.2) is 28.8 Å². The van der Waals surface area contributed by atoms with Gasteiger partial charge in [0.05, 0.1) is 17.5 Å². The van der Waals surface area contributed by atoms with Crippen LogP contribution in [-0.4, -0.2) is 62.6 Å². The molecule has 4 fully saturated rings. The Hall–Kier alpha value is -4.64. The number of phenolic OH excluding ortho intramolecular Hbond substituents is 1. The lowest BCUT2D eigenvalue weighted by Gasteiger charge is -2.61. The van der Waals surface area contributed by atoms with Gasteiger partial charge in [-0.25, -0.2) is 4.79 Å². The van der Waals surface area contributed by atoms with Crippen molar-refractivity contribution in [2.24, 2.45) is 22.2 Å². The molecule has 0 radical (unpaired) electrons. The van der Waals surface area contributed by atoms with E-state index in [0.717, 1.165) is 48.2 Å². The molecule has 64 heavy (non-hydrogen) atoms. The van der Waals surface area contributed by atoms with Crippen molar-refractivity contribution >= 4 is 46.9 Å². The van der Waals surface area contributed by atoms with Crippen molar-refractivity contribution in [3.63, 3.8) is 0 Å². The second-order valence-corrected chi connectivity index (χ2v) is 21.2. The Morgan fingerprint density at radius 1 is 0.828 bits per heavy atom. The molecule has 348 valence electrons. The number of urea groups is 1. The fraction of sp³-hybridized carbons (Fsp3) is 0.566. The van der Waals surface area contributed by atoms with E-state index < -0.39 is 45.1 Å². The number of benzene rings is 1. The molecule has 0 aromatic heterocycles. The monoisotopic (exact) mass is 897 g/mol.